The van der Waals surface area contributed by atoms with E-state index in [1.807, 2.05) is 0 Å². The van der Waals surface area contributed by atoms with Crippen LogP contribution >= 0.6 is 11.8 Å². The molecule has 3 atom stereocenters. The Hall–Kier alpha value is -1.17. The fraction of sp³-hybridized carbons (Fsp3) is 0.750. The van der Waals surface area contributed by atoms with Gasteiger partial charge in [0.1, 0.15) is 0 Å². The van der Waals surface area contributed by atoms with Crippen LogP contribution in [0.4, 0.5) is 0 Å². The van der Waals surface area contributed by atoms with Gasteiger partial charge in [-0.1, -0.05) is 25.0 Å². The molecule has 3 aliphatic heterocycles. The molecule has 2 aliphatic carbocycles. The zero-order valence-corrected chi connectivity index (χ0v) is 13.6. The Labute approximate surface area is 133 Å². The number of rotatable bonds is 0. The van der Waals surface area contributed by atoms with Crippen molar-refractivity contribution in [2.75, 3.05) is 5.75 Å². The van der Waals surface area contributed by atoms with E-state index in [9.17, 15) is 9.59 Å². The molecule has 1 saturated heterocycles. The molecular weight excluding hydrogens is 298 g/mol. The SMILES string of the molecule is Cn1c(=O)n2n(c1=O)[C@@H]1C=C[C@H]2C2(CCCC2)[C@]12CCCS2. The van der Waals surface area contributed by atoms with Gasteiger partial charge in [-0.15, -0.1) is 0 Å². The smallest absolute Gasteiger partial charge is 0.246 e. The highest BCUT2D eigenvalue weighted by Crippen LogP contribution is 2.70. The van der Waals surface area contributed by atoms with Crippen LogP contribution in [0.1, 0.15) is 50.6 Å². The van der Waals surface area contributed by atoms with E-state index in [1.165, 1.54) is 48.8 Å². The summed E-state index contributed by atoms with van der Waals surface area (Å²) in [7, 11) is 1.61. The van der Waals surface area contributed by atoms with Gasteiger partial charge in [-0.05, 0) is 31.4 Å². The Kier molecular flexibility index (Phi) is 2.43. The fourth-order valence-electron chi connectivity index (χ4n) is 5.78. The Morgan fingerprint density at radius 1 is 1.00 bits per heavy atom. The highest BCUT2D eigenvalue weighted by Gasteiger charge is 2.67. The van der Waals surface area contributed by atoms with E-state index in [-0.39, 0.29) is 33.6 Å². The Morgan fingerprint density at radius 2 is 1.64 bits per heavy atom. The van der Waals surface area contributed by atoms with Crippen LogP contribution < -0.4 is 11.4 Å². The van der Waals surface area contributed by atoms with Gasteiger partial charge in [0.05, 0.1) is 16.8 Å². The van der Waals surface area contributed by atoms with Crippen molar-refractivity contribution in [3.8, 4) is 0 Å². The van der Waals surface area contributed by atoms with Crippen LogP contribution in [0.15, 0.2) is 21.7 Å². The maximum absolute atomic E-state index is 12.6. The average Bonchev–Trinajstić information content (AvgIpc) is 3.23. The second-order valence-corrected chi connectivity index (χ2v) is 8.72. The molecule has 1 aromatic rings. The average molecular weight is 319 g/mol. The molecule has 1 saturated carbocycles. The van der Waals surface area contributed by atoms with E-state index in [0.717, 1.165) is 0 Å². The maximum atomic E-state index is 12.6. The summed E-state index contributed by atoms with van der Waals surface area (Å²) in [5, 5.41) is 0. The molecule has 0 radical (unpaired) electrons. The minimum absolute atomic E-state index is 0.0458. The van der Waals surface area contributed by atoms with Crippen molar-refractivity contribution < 1.29 is 0 Å². The van der Waals surface area contributed by atoms with E-state index in [0.29, 0.717) is 0 Å². The van der Waals surface area contributed by atoms with E-state index in [1.54, 1.807) is 16.4 Å². The minimum Gasteiger partial charge on any atom is -0.246 e. The number of allylic oxidation sites excluding steroid dienone is 2. The third kappa shape index (κ3) is 1.19. The van der Waals surface area contributed by atoms with Crippen LogP contribution in [0.5, 0.6) is 0 Å². The van der Waals surface area contributed by atoms with E-state index >= 15 is 0 Å². The first-order valence-electron chi connectivity index (χ1n) is 8.35. The lowest BCUT2D eigenvalue weighted by Crippen LogP contribution is -2.62. The highest BCUT2D eigenvalue weighted by atomic mass is 32.2. The Bertz CT molecular complexity index is 724. The van der Waals surface area contributed by atoms with Gasteiger partial charge in [-0.2, -0.15) is 11.8 Å². The number of thioether (sulfide) groups is 1. The first kappa shape index (κ1) is 13.3. The molecule has 22 heavy (non-hydrogen) atoms. The van der Waals surface area contributed by atoms with Crippen LogP contribution in [0.2, 0.25) is 0 Å². The fourth-order valence-corrected chi connectivity index (χ4v) is 7.68. The van der Waals surface area contributed by atoms with Crippen LogP contribution in [0.3, 0.4) is 0 Å². The summed E-state index contributed by atoms with van der Waals surface area (Å²) < 4.78 is 4.96. The normalized spacial score (nSPS) is 37.5. The second-order valence-electron chi connectivity index (χ2n) is 7.29. The van der Waals surface area contributed by atoms with Crippen molar-refractivity contribution in [2.24, 2.45) is 12.5 Å². The lowest BCUT2D eigenvalue weighted by molar-refractivity contribution is 0.0241. The molecule has 0 amide bonds. The molecule has 6 heteroatoms. The molecule has 0 aromatic carbocycles. The van der Waals surface area contributed by atoms with Gasteiger partial charge in [0, 0.05) is 12.5 Å². The van der Waals surface area contributed by atoms with E-state index < -0.39 is 0 Å². The van der Waals surface area contributed by atoms with Gasteiger partial charge in [-0.3, -0.25) is 0 Å². The summed E-state index contributed by atoms with van der Waals surface area (Å²) in [5.41, 5.74) is -0.122. The molecule has 2 spiro atoms. The minimum atomic E-state index is -0.149. The molecule has 2 fully saturated rings. The van der Waals surface area contributed by atoms with Crippen molar-refractivity contribution in [1.82, 2.24) is 13.9 Å². The lowest BCUT2D eigenvalue weighted by atomic mass is 9.59. The lowest BCUT2D eigenvalue weighted by Gasteiger charge is -2.59. The molecule has 5 aliphatic rings. The predicted molar refractivity (Wildman–Crippen MR) is 86.5 cm³/mol. The summed E-state index contributed by atoms with van der Waals surface area (Å²) in [6.45, 7) is 0. The van der Waals surface area contributed by atoms with Crippen LogP contribution in [0, 0.1) is 5.41 Å². The van der Waals surface area contributed by atoms with Gasteiger partial charge in [0.2, 0.25) is 0 Å². The van der Waals surface area contributed by atoms with Crippen molar-refractivity contribution in [3.05, 3.63) is 33.1 Å². The Morgan fingerprint density at radius 3 is 2.27 bits per heavy atom. The number of hydrogen-bond donors (Lipinski definition) is 0. The number of hydrogen-bond acceptors (Lipinski definition) is 3. The Balaban J connectivity index is 1.87. The maximum Gasteiger partial charge on any atom is 0.347 e. The molecule has 4 heterocycles. The van der Waals surface area contributed by atoms with Gasteiger partial charge in [0.25, 0.3) is 0 Å². The molecule has 1 aromatic heterocycles. The third-order valence-corrected chi connectivity index (χ3v) is 8.50. The zero-order chi connectivity index (χ0) is 15.1. The van der Waals surface area contributed by atoms with Crippen molar-refractivity contribution in [1.29, 1.82) is 0 Å². The number of nitrogens with zero attached hydrogens (tertiary/aromatic N) is 3. The first-order chi connectivity index (χ1) is 10.6. The van der Waals surface area contributed by atoms with Crippen molar-refractivity contribution in [3.63, 3.8) is 0 Å². The zero-order valence-electron chi connectivity index (χ0n) is 12.8. The summed E-state index contributed by atoms with van der Waals surface area (Å²) in [4.78, 5) is 25.3. The largest absolute Gasteiger partial charge is 0.347 e. The van der Waals surface area contributed by atoms with Gasteiger partial charge in [0.15, 0.2) is 0 Å². The van der Waals surface area contributed by atoms with Crippen LogP contribution in [0.25, 0.3) is 0 Å². The predicted octanol–water partition coefficient (Wildman–Crippen LogP) is 1.84. The molecule has 2 bridgehead atoms. The van der Waals surface area contributed by atoms with Gasteiger partial charge >= 0.3 is 11.4 Å². The second kappa shape index (κ2) is 4.02. The molecule has 5 nitrogen and oxygen atoms in total. The highest BCUT2D eigenvalue weighted by molar-refractivity contribution is 8.01. The molecule has 0 unspecified atom stereocenters. The van der Waals surface area contributed by atoms with Crippen molar-refractivity contribution in [2.45, 2.75) is 55.4 Å². The third-order valence-electron chi connectivity index (χ3n) is 6.64. The van der Waals surface area contributed by atoms with E-state index in [4.69, 9.17) is 0 Å². The molecule has 118 valence electrons. The summed E-state index contributed by atoms with van der Waals surface area (Å²) in [6, 6.07) is 0.108. The monoisotopic (exact) mass is 319 g/mol. The van der Waals surface area contributed by atoms with Crippen LogP contribution in [-0.4, -0.2) is 24.4 Å². The van der Waals surface area contributed by atoms with E-state index in [2.05, 4.69) is 23.9 Å². The van der Waals surface area contributed by atoms with Crippen molar-refractivity contribution >= 4 is 11.8 Å². The topological polar surface area (TPSA) is 48.9 Å². The summed E-state index contributed by atoms with van der Waals surface area (Å²) in [5.74, 6) is 1.19. The molecule has 6 rings (SSSR count). The first-order valence-corrected chi connectivity index (χ1v) is 9.33. The van der Waals surface area contributed by atoms with Gasteiger partial charge in [-0.25, -0.2) is 23.5 Å². The molecular formula is C16H21N3O2S. The summed E-state index contributed by atoms with van der Waals surface area (Å²) >= 11 is 2.08. The quantitative estimate of drug-likeness (QED) is 0.686. The summed E-state index contributed by atoms with van der Waals surface area (Å²) in [6.07, 6.45) is 11.8. The molecule has 0 N–H and O–H groups in total. The van der Waals surface area contributed by atoms with Crippen LogP contribution in [-0.2, 0) is 7.05 Å². The standard InChI is InChI=1S/C16H21N3O2S/c1-17-13(20)18-11-5-6-12(19(18)14(17)21)16(9-4-10-22-16)15(11)7-2-3-8-15/h5-6,11-12H,2-4,7-10H2,1H3/t11-,12+,16-/m0/s1. The number of aromatic nitrogens is 3. The van der Waals surface area contributed by atoms with Gasteiger partial charge < -0.3 is 0 Å².